The fraction of sp³-hybridized carbons (Fsp3) is 0.278. The van der Waals surface area contributed by atoms with Crippen LogP contribution in [0.4, 0.5) is 10.1 Å². The van der Waals surface area contributed by atoms with E-state index in [0.29, 0.717) is 41.0 Å². The highest BCUT2D eigenvalue weighted by atomic mass is 35.5. The molecule has 1 heterocycles. The average Bonchev–Trinajstić information content (AvgIpc) is 2.76. The molecule has 0 atom stereocenters. The Kier molecular flexibility index (Phi) is 4.90. The van der Waals surface area contributed by atoms with Crippen molar-refractivity contribution in [2.24, 2.45) is 0 Å². The molecule has 2 aromatic carbocycles. The van der Waals surface area contributed by atoms with Crippen LogP contribution in [-0.2, 0) is 11.2 Å². The molecule has 1 aliphatic heterocycles. The van der Waals surface area contributed by atoms with E-state index in [1.807, 2.05) is 0 Å². The Morgan fingerprint density at radius 3 is 2.83 bits per heavy atom. The second-order valence-electron chi connectivity index (χ2n) is 5.64. The maximum Gasteiger partial charge on any atom is 0.228 e. The summed E-state index contributed by atoms with van der Waals surface area (Å²) in [7, 11) is 0. The Bertz CT molecular complexity index is 779. The minimum atomic E-state index is -0.333. The first kappa shape index (κ1) is 16.6. The number of hydrogen-bond acceptors (Lipinski definition) is 3. The first-order valence-electron chi connectivity index (χ1n) is 7.67. The van der Waals surface area contributed by atoms with Crippen molar-refractivity contribution in [3.05, 3.63) is 52.3 Å². The Hall–Kier alpha value is -2.27. The third-order valence-corrected chi connectivity index (χ3v) is 3.97. The van der Waals surface area contributed by atoms with Gasteiger partial charge in [-0.3, -0.25) is 4.79 Å². The lowest BCUT2D eigenvalue weighted by Gasteiger charge is -2.12. The minimum Gasteiger partial charge on any atom is -0.489 e. The van der Waals surface area contributed by atoms with Crippen LogP contribution in [0.2, 0.25) is 5.02 Å². The summed E-state index contributed by atoms with van der Waals surface area (Å²) in [5, 5.41) is 3.20. The highest BCUT2D eigenvalue weighted by Gasteiger charge is 2.17. The molecule has 3 rings (SSSR count). The number of halogens is 2. The van der Waals surface area contributed by atoms with Gasteiger partial charge in [-0.2, -0.15) is 0 Å². The number of benzene rings is 2. The van der Waals surface area contributed by atoms with Gasteiger partial charge in [0.15, 0.2) is 11.5 Å². The number of ether oxygens (including phenoxy) is 2. The van der Waals surface area contributed by atoms with Crippen LogP contribution in [0.3, 0.4) is 0 Å². The van der Waals surface area contributed by atoms with Crippen molar-refractivity contribution < 1.29 is 18.7 Å². The molecular weight excluding hydrogens is 333 g/mol. The zero-order valence-corrected chi connectivity index (χ0v) is 14.0. The maximum absolute atomic E-state index is 13.1. The van der Waals surface area contributed by atoms with Gasteiger partial charge >= 0.3 is 0 Å². The predicted molar refractivity (Wildman–Crippen MR) is 90.5 cm³/mol. The molecule has 0 fully saturated rings. The molecule has 0 bridgehead atoms. The monoisotopic (exact) mass is 349 g/mol. The molecule has 0 aliphatic carbocycles. The molecule has 1 N–H and O–H groups in total. The largest absolute Gasteiger partial charge is 0.489 e. The van der Waals surface area contributed by atoms with Crippen LogP contribution < -0.4 is 14.8 Å². The number of amides is 1. The Balaban J connectivity index is 1.74. The van der Waals surface area contributed by atoms with Crippen molar-refractivity contribution in [1.82, 2.24) is 0 Å². The molecule has 6 heteroatoms. The van der Waals surface area contributed by atoms with Gasteiger partial charge in [0.05, 0.1) is 24.7 Å². The van der Waals surface area contributed by atoms with Gasteiger partial charge in [0.2, 0.25) is 5.91 Å². The SMILES string of the molecule is Cc1cc(F)ccc1NC(=O)Cc1cc(Cl)c2c(c1)OCCCO2. The van der Waals surface area contributed by atoms with E-state index in [2.05, 4.69) is 5.32 Å². The second-order valence-corrected chi connectivity index (χ2v) is 6.05. The third kappa shape index (κ3) is 3.79. The quantitative estimate of drug-likeness (QED) is 0.906. The van der Waals surface area contributed by atoms with Gasteiger partial charge in [-0.1, -0.05) is 11.6 Å². The zero-order valence-electron chi connectivity index (χ0n) is 13.2. The summed E-state index contributed by atoms with van der Waals surface area (Å²) in [6, 6.07) is 7.70. The van der Waals surface area contributed by atoms with Gasteiger partial charge in [0.1, 0.15) is 5.82 Å². The fourth-order valence-corrected chi connectivity index (χ4v) is 2.82. The first-order chi connectivity index (χ1) is 11.5. The van der Waals surface area contributed by atoms with Crippen LogP contribution >= 0.6 is 11.6 Å². The van der Waals surface area contributed by atoms with Gasteiger partial charge in [-0.05, 0) is 48.4 Å². The Morgan fingerprint density at radius 1 is 1.25 bits per heavy atom. The highest BCUT2D eigenvalue weighted by molar-refractivity contribution is 6.32. The van der Waals surface area contributed by atoms with Crippen molar-refractivity contribution in [2.45, 2.75) is 19.8 Å². The summed E-state index contributed by atoms with van der Waals surface area (Å²) in [5.41, 5.74) is 1.98. The number of carbonyl (C=O) groups excluding carboxylic acids is 1. The van der Waals surface area contributed by atoms with Crippen LogP contribution in [0.1, 0.15) is 17.5 Å². The minimum absolute atomic E-state index is 0.132. The summed E-state index contributed by atoms with van der Waals surface area (Å²) in [4.78, 5) is 12.2. The third-order valence-electron chi connectivity index (χ3n) is 3.69. The summed E-state index contributed by atoms with van der Waals surface area (Å²) in [6.07, 6.45) is 0.915. The molecule has 0 spiro atoms. The predicted octanol–water partition coefficient (Wildman–Crippen LogP) is 4.13. The van der Waals surface area contributed by atoms with Crippen molar-refractivity contribution in [3.8, 4) is 11.5 Å². The molecule has 1 aliphatic rings. The smallest absolute Gasteiger partial charge is 0.228 e. The average molecular weight is 350 g/mol. The van der Waals surface area contributed by atoms with Crippen molar-refractivity contribution >= 4 is 23.2 Å². The fourth-order valence-electron chi connectivity index (χ4n) is 2.53. The molecule has 126 valence electrons. The van der Waals surface area contributed by atoms with E-state index >= 15 is 0 Å². The molecule has 0 saturated carbocycles. The maximum atomic E-state index is 13.1. The molecule has 0 saturated heterocycles. The van der Waals surface area contributed by atoms with Crippen molar-refractivity contribution in [2.75, 3.05) is 18.5 Å². The van der Waals surface area contributed by atoms with E-state index in [1.54, 1.807) is 25.1 Å². The van der Waals surface area contributed by atoms with Crippen molar-refractivity contribution in [1.29, 1.82) is 0 Å². The van der Waals surface area contributed by atoms with E-state index in [1.165, 1.54) is 12.1 Å². The van der Waals surface area contributed by atoms with Crippen LogP contribution in [0.15, 0.2) is 30.3 Å². The summed E-state index contributed by atoms with van der Waals surface area (Å²) in [6.45, 7) is 2.84. The lowest BCUT2D eigenvalue weighted by molar-refractivity contribution is -0.115. The number of rotatable bonds is 3. The second kappa shape index (κ2) is 7.09. The van der Waals surface area contributed by atoms with Gasteiger partial charge in [-0.25, -0.2) is 4.39 Å². The van der Waals surface area contributed by atoms with E-state index in [9.17, 15) is 9.18 Å². The van der Waals surface area contributed by atoms with E-state index in [0.717, 1.165) is 12.0 Å². The molecule has 4 nitrogen and oxygen atoms in total. The summed E-state index contributed by atoms with van der Waals surface area (Å²) >= 11 is 6.23. The molecule has 0 aromatic heterocycles. The summed E-state index contributed by atoms with van der Waals surface area (Å²) < 4.78 is 24.3. The van der Waals surface area contributed by atoms with Crippen molar-refractivity contribution in [3.63, 3.8) is 0 Å². The first-order valence-corrected chi connectivity index (χ1v) is 8.05. The molecular formula is C18H17ClFNO3. The van der Waals surface area contributed by atoms with Crippen LogP contribution in [0.5, 0.6) is 11.5 Å². The molecule has 24 heavy (non-hydrogen) atoms. The standard InChI is InChI=1S/C18H17ClFNO3/c1-11-7-13(20)3-4-15(11)21-17(22)10-12-8-14(19)18-16(9-12)23-5-2-6-24-18/h3-4,7-9H,2,5-6,10H2,1H3,(H,21,22). The van der Waals surface area contributed by atoms with Crippen LogP contribution in [0.25, 0.3) is 0 Å². The number of fused-ring (bicyclic) bond motifs is 1. The zero-order chi connectivity index (χ0) is 17.1. The molecule has 0 radical (unpaired) electrons. The van der Waals surface area contributed by atoms with Gasteiger partial charge in [-0.15, -0.1) is 0 Å². The van der Waals surface area contributed by atoms with Crippen LogP contribution in [0, 0.1) is 12.7 Å². The van der Waals surface area contributed by atoms with E-state index in [4.69, 9.17) is 21.1 Å². The molecule has 1 amide bonds. The number of nitrogens with one attached hydrogen (secondary N) is 1. The highest BCUT2D eigenvalue weighted by Crippen LogP contribution is 2.38. The van der Waals surface area contributed by atoms with E-state index in [-0.39, 0.29) is 18.1 Å². The number of carbonyl (C=O) groups is 1. The van der Waals surface area contributed by atoms with Gasteiger partial charge < -0.3 is 14.8 Å². The van der Waals surface area contributed by atoms with E-state index < -0.39 is 0 Å². The van der Waals surface area contributed by atoms with Gasteiger partial charge in [0, 0.05) is 12.1 Å². The summed E-state index contributed by atoms with van der Waals surface area (Å²) in [5.74, 6) is 0.531. The lowest BCUT2D eigenvalue weighted by atomic mass is 10.1. The molecule has 0 unspecified atom stereocenters. The lowest BCUT2D eigenvalue weighted by Crippen LogP contribution is -2.15. The number of aryl methyl sites for hydroxylation is 1. The number of hydrogen-bond donors (Lipinski definition) is 1. The van der Waals surface area contributed by atoms with Crippen LogP contribution in [-0.4, -0.2) is 19.1 Å². The van der Waals surface area contributed by atoms with Gasteiger partial charge in [0.25, 0.3) is 0 Å². The normalized spacial score (nSPS) is 13.3. The Labute approximate surface area is 144 Å². The topological polar surface area (TPSA) is 47.6 Å². The Morgan fingerprint density at radius 2 is 2.04 bits per heavy atom. The molecule has 2 aromatic rings. The number of anilines is 1.